The van der Waals surface area contributed by atoms with Crippen molar-refractivity contribution in [1.29, 1.82) is 0 Å². The van der Waals surface area contributed by atoms with Crippen molar-refractivity contribution in [3.8, 4) is 17.2 Å². The van der Waals surface area contributed by atoms with Crippen molar-refractivity contribution >= 4 is 23.6 Å². The van der Waals surface area contributed by atoms with E-state index in [0.717, 1.165) is 5.56 Å². The third kappa shape index (κ3) is 6.27. The number of ether oxygens (including phenoxy) is 4. The summed E-state index contributed by atoms with van der Waals surface area (Å²) in [6, 6.07) is 10.2. The fourth-order valence-corrected chi connectivity index (χ4v) is 2.65. The van der Waals surface area contributed by atoms with Gasteiger partial charge in [-0.2, -0.15) is 0 Å². The summed E-state index contributed by atoms with van der Waals surface area (Å²) in [5.74, 6) is 0.846. The molecule has 0 aromatic heterocycles. The van der Waals surface area contributed by atoms with Crippen LogP contribution in [-0.4, -0.2) is 38.8 Å². The minimum absolute atomic E-state index is 0.280. The second-order valence-corrected chi connectivity index (χ2v) is 6.03. The SMILES string of the molecule is CCOC(=O)c1ccc(NC(=O)/C=C/c2ccc(OCC)c(OC)c2)c(OCC)c1. The largest absolute Gasteiger partial charge is 0.493 e. The number of nitrogens with one attached hydrogen (secondary N) is 1. The molecular formula is C23H27NO6. The Morgan fingerprint density at radius 2 is 1.63 bits per heavy atom. The molecule has 7 heteroatoms. The summed E-state index contributed by atoms with van der Waals surface area (Å²) >= 11 is 0. The second-order valence-electron chi connectivity index (χ2n) is 6.03. The van der Waals surface area contributed by atoms with Gasteiger partial charge in [0, 0.05) is 6.08 Å². The van der Waals surface area contributed by atoms with Gasteiger partial charge >= 0.3 is 5.97 Å². The van der Waals surface area contributed by atoms with Crippen molar-refractivity contribution in [2.75, 3.05) is 32.2 Å². The molecule has 0 unspecified atom stereocenters. The van der Waals surface area contributed by atoms with E-state index >= 15 is 0 Å². The third-order valence-electron chi connectivity index (χ3n) is 3.97. The Morgan fingerprint density at radius 3 is 2.30 bits per heavy atom. The van der Waals surface area contributed by atoms with Gasteiger partial charge in [-0.3, -0.25) is 4.79 Å². The highest BCUT2D eigenvalue weighted by Crippen LogP contribution is 2.29. The Hall–Kier alpha value is -3.48. The lowest BCUT2D eigenvalue weighted by Gasteiger charge is -2.12. The van der Waals surface area contributed by atoms with E-state index in [1.165, 1.54) is 6.08 Å². The van der Waals surface area contributed by atoms with E-state index in [4.69, 9.17) is 18.9 Å². The fourth-order valence-electron chi connectivity index (χ4n) is 2.65. The maximum atomic E-state index is 12.4. The van der Waals surface area contributed by atoms with Crippen molar-refractivity contribution in [2.24, 2.45) is 0 Å². The first-order chi connectivity index (χ1) is 14.5. The van der Waals surface area contributed by atoms with Crippen molar-refractivity contribution in [1.82, 2.24) is 0 Å². The van der Waals surface area contributed by atoms with Crippen LogP contribution in [0.2, 0.25) is 0 Å². The quantitative estimate of drug-likeness (QED) is 0.461. The van der Waals surface area contributed by atoms with Gasteiger partial charge in [0.25, 0.3) is 0 Å². The first-order valence-electron chi connectivity index (χ1n) is 9.76. The molecular weight excluding hydrogens is 386 g/mol. The highest BCUT2D eigenvalue weighted by atomic mass is 16.5. The van der Waals surface area contributed by atoms with Gasteiger partial charge in [-0.1, -0.05) is 6.07 Å². The monoisotopic (exact) mass is 413 g/mol. The first-order valence-corrected chi connectivity index (χ1v) is 9.76. The van der Waals surface area contributed by atoms with E-state index in [1.54, 1.807) is 50.4 Å². The molecule has 0 aliphatic heterocycles. The zero-order chi connectivity index (χ0) is 21.9. The lowest BCUT2D eigenvalue weighted by molar-refractivity contribution is -0.111. The van der Waals surface area contributed by atoms with E-state index in [1.807, 2.05) is 19.9 Å². The van der Waals surface area contributed by atoms with Crippen molar-refractivity contribution in [3.05, 3.63) is 53.6 Å². The molecule has 0 fully saturated rings. The Bertz CT molecular complexity index is 907. The van der Waals surface area contributed by atoms with Crippen LogP contribution in [0.3, 0.4) is 0 Å². The molecule has 160 valence electrons. The number of methoxy groups -OCH3 is 1. The molecule has 0 atom stereocenters. The molecule has 1 amide bonds. The van der Waals surface area contributed by atoms with Gasteiger partial charge in [0.2, 0.25) is 5.91 Å². The minimum Gasteiger partial charge on any atom is -0.493 e. The minimum atomic E-state index is -0.444. The summed E-state index contributed by atoms with van der Waals surface area (Å²) in [4.78, 5) is 24.3. The summed E-state index contributed by atoms with van der Waals surface area (Å²) in [6.45, 7) is 6.65. The Balaban J connectivity index is 2.14. The molecule has 2 aromatic carbocycles. The number of rotatable bonds is 10. The fraction of sp³-hybridized carbons (Fsp3) is 0.304. The van der Waals surface area contributed by atoms with Crippen molar-refractivity contribution in [3.63, 3.8) is 0 Å². The van der Waals surface area contributed by atoms with Crippen LogP contribution in [0, 0.1) is 0 Å². The Kier molecular flexibility index (Phi) is 8.75. The molecule has 2 rings (SSSR count). The van der Waals surface area contributed by atoms with E-state index in [2.05, 4.69) is 5.32 Å². The average Bonchev–Trinajstić information content (AvgIpc) is 2.74. The number of benzene rings is 2. The molecule has 30 heavy (non-hydrogen) atoms. The van der Waals surface area contributed by atoms with Gasteiger partial charge in [0.05, 0.1) is 38.2 Å². The van der Waals surface area contributed by atoms with Crippen LogP contribution >= 0.6 is 0 Å². The summed E-state index contributed by atoms with van der Waals surface area (Å²) in [7, 11) is 1.56. The lowest BCUT2D eigenvalue weighted by atomic mass is 10.1. The number of esters is 1. The lowest BCUT2D eigenvalue weighted by Crippen LogP contribution is -2.11. The average molecular weight is 413 g/mol. The highest BCUT2D eigenvalue weighted by molar-refractivity contribution is 6.03. The molecule has 0 saturated carbocycles. The van der Waals surface area contributed by atoms with Crippen LogP contribution in [0.4, 0.5) is 5.69 Å². The van der Waals surface area contributed by atoms with Crippen molar-refractivity contribution < 1.29 is 28.5 Å². The number of carbonyl (C=O) groups excluding carboxylic acids is 2. The zero-order valence-electron chi connectivity index (χ0n) is 17.7. The Morgan fingerprint density at radius 1 is 0.900 bits per heavy atom. The van der Waals surface area contributed by atoms with Crippen LogP contribution in [0.5, 0.6) is 17.2 Å². The normalized spacial score (nSPS) is 10.5. The molecule has 1 N–H and O–H groups in total. The van der Waals surface area contributed by atoms with Crippen molar-refractivity contribution in [2.45, 2.75) is 20.8 Å². The molecule has 0 aliphatic rings. The van der Waals surface area contributed by atoms with Crippen LogP contribution in [-0.2, 0) is 9.53 Å². The van der Waals surface area contributed by atoms with Gasteiger partial charge in [-0.05, 0) is 62.7 Å². The van der Waals surface area contributed by atoms with Gasteiger partial charge in [0.15, 0.2) is 11.5 Å². The predicted octanol–water partition coefficient (Wildman–Crippen LogP) is 4.32. The topological polar surface area (TPSA) is 83.1 Å². The van der Waals surface area contributed by atoms with Crippen LogP contribution in [0.1, 0.15) is 36.7 Å². The molecule has 0 bridgehead atoms. The Labute approximate surface area is 176 Å². The van der Waals surface area contributed by atoms with Crippen LogP contribution in [0.25, 0.3) is 6.08 Å². The third-order valence-corrected chi connectivity index (χ3v) is 3.97. The van der Waals surface area contributed by atoms with Gasteiger partial charge in [0.1, 0.15) is 5.75 Å². The molecule has 0 spiro atoms. The summed E-state index contributed by atoms with van der Waals surface area (Å²) in [5.41, 5.74) is 1.60. The van der Waals surface area contributed by atoms with E-state index < -0.39 is 5.97 Å². The predicted molar refractivity (Wildman–Crippen MR) is 115 cm³/mol. The molecule has 0 heterocycles. The number of hydrogen-bond donors (Lipinski definition) is 1. The molecule has 0 saturated heterocycles. The standard InChI is InChI=1S/C23H27NO6/c1-5-28-19-12-8-16(14-21(19)27-4)9-13-22(25)24-18-11-10-17(23(26)30-7-3)15-20(18)29-6-2/h8-15H,5-7H2,1-4H3,(H,24,25)/b13-9+. The highest BCUT2D eigenvalue weighted by Gasteiger charge is 2.13. The molecule has 7 nitrogen and oxygen atoms in total. The number of amides is 1. The van der Waals surface area contributed by atoms with Gasteiger partial charge in [-0.25, -0.2) is 4.79 Å². The van der Waals surface area contributed by atoms with Crippen LogP contribution < -0.4 is 19.5 Å². The van der Waals surface area contributed by atoms with Crippen LogP contribution in [0.15, 0.2) is 42.5 Å². The van der Waals surface area contributed by atoms with Gasteiger partial charge < -0.3 is 24.3 Å². The maximum absolute atomic E-state index is 12.4. The molecule has 0 radical (unpaired) electrons. The second kappa shape index (κ2) is 11.5. The summed E-state index contributed by atoms with van der Waals surface area (Å²) in [5, 5.41) is 2.77. The number of anilines is 1. The van der Waals surface area contributed by atoms with Gasteiger partial charge in [-0.15, -0.1) is 0 Å². The number of carbonyl (C=O) groups is 2. The summed E-state index contributed by atoms with van der Waals surface area (Å²) in [6.07, 6.45) is 3.07. The molecule has 2 aromatic rings. The zero-order valence-corrected chi connectivity index (χ0v) is 17.7. The summed E-state index contributed by atoms with van der Waals surface area (Å²) < 4.78 is 21.4. The number of hydrogen-bond acceptors (Lipinski definition) is 6. The smallest absolute Gasteiger partial charge is 0.338 e. The first kappa shape index (κ1) is 22.8. The maximum Gasteiger partial charge on any atom is 0.338 e. The van der Waals surface area contributed by atoms with E-state index in [0.29, 0.717) is 41.7 Å². The molecule has 0 aliphatic carbocycles. The van der Waals surface area contributed by atoms with E-state index in [9.17, 15) is 9.59 Å². The van der Waals surface area contributed by atoms with E-state index in [-0.39, 0.29) is 12.5 Å².